The largest absolute Gasteiger partial charge is 0.497 e. The van der Waals surface area contributed by atoms with Crippen molar-refractivity contribution in [3.05, 3.63) is 36.1 Å². The maximum atomic E-state index is 12.9. The van der Waals surface area contributed by atoms with Gasteiger partial charge in [-0.25, -0.2) is 4.79 Å². The second-order valence-corrected chi connectivity index (χ2v) is 7.41. The van der Waals surface area contributed by atoms with Crippen molar-refractivity contribution in [3.8, 4) is 5.75 Å². The van der Waals surface area contributed by atoms with Gasteiger partial charge in [0.1, 0.15) is 18.1 Å². The number of benzene rings is 1. The van der Waals surface area contributed by atoms with Crippen LogP contribution in [0.5, 0.6) is 5.75 Å². The van der Waals surface area contributed by atoms with Gasteiger partial charge in [0.2, 0.25) is 5.91 Å². The number of nitrogens with zero attached hydrogens (tertiary/aromatic N) is 2. The topological polar surface area (TPSA) is 96.7 Å². The third kappa shape index (κ3) is 6.23. The highest BCUT2D eigenvalue weighted by molar-refractivity contribution is 5.96. The fraction of sp³-hybridized carbons (Fsp3) is 0.476. The van der Waals surface area contributed by atoms with Gasteiger partial charge in [-0.05, 0) is 49.9 Å². The summed E-state index contributed by atoms with van der Waals surface area (Å²) < 4.78 is 10.1. The quantitative estimate of drug-likeness (QED) is 0.731. The Bertz CT molecular complexity index is 812. The number of aromatic nitrogens is 1. The highest BCUT2D eigenvalue weighted by atomic mass is 16.5. The minimum absolute atomic E-state index is 0.0512. The van der Waals surface area contributed by atoms with Gasteiger partial charge in [-0.3, -0.25) is 4.79 Å². The predicted octanol–water partition coefficient (Wildman–Crippen LogP) is 4.04. The maximum absolute atomic E-state index is 12.9. The van der Waals surface area contributed by atoms with Gasteiger partial charge in [-0.15, -0.1) is 0 Å². The Labute approximate surface area is 170 Å². The van der Waals surface area contributed by atoms with E-state index < -0.39 is 0 Å². The number of urea groups is 1. The number of ether oxygens (including phenoxy) is 1. The summed E-state index contributed by atoms with van der Waals surface area (Å²) in [5, 5.41) is 9.33. The highest BCUT2D eigenvalue weighted by Crippen LogP contribution is 2.25. The smallest absolute Gasteiger partial charge is 0.322 e. The first-order valence-corrected chi connectivity index (χ1v) is 9.96. The lowest BCUT2D eigenvalue weighted by Gasteiger charge is -2.29. The first-order valence-electron chi connectivity index (χ1n) is 9.96. The minimum atomic E-state index is -0.306. The molecule has 1 heterocycles. The van der Waals surface area contributed by atoms with Crippen molar-refractivity contribution in [2.45, 2.75) is 39.0 Å². The monoisotopic (exact) mass is 400 g/mol. The first-order chi connectivity index (χ1) is 14.0. The lowest BCUT2D eigenvalue weighted by Crippen LogP contribution is -2.43. The van der Waals surface area contributed by atoms with Gasteiger partial charge < -0.3 is 24.8 Å². The van der Waals surface area contributed by atoms with E-state index >= 15 is 0 Å². The summed E-state index contributed by atoms with van der Waals surface area (Å²) in [4.78, 5) is 27.0. The number of rotatable bonds is 7. The number of anilines is 2. The average molecular weight is 400 g/mol. The Morgan fingerprint density at radius 3 is 2.52 bits per heavy atom. The van der Waals surface area contributed by atoms with Crippen LogP contribution in [0.2, 0.25) is 0 Å². The first kappa shape index (κ1) is 20.7. The zero-order chi connectivity index (χ0) is 20.6. The molecular weight excluding hydrogens is 372 g/mol. The lowest BCUT2D eigenvalue weighted by atomic mass is 9.89. The number of hydrogen-bond donors (Lipinski definition) is 2. The Balaban J connectivity index is 1.64. The predicted molar refractivity (Wildman–Crippen MR) is 110 cm³/mol. The fourth-order valence-electron chi connectivity index (χ4n) is 3.56. The molecule has 156 valence electrons. The van der Waals surface area contributed by atoms with E-state index in [1.54, 1.807) is 49.3 Å². The molecule has 3 rings (SSSR count). The molecule has 1 aliphatic rings. The molecule has 0 spiro atoms. The van der Waals surface area contributed by atoms with Gasteiger partial charge >= 0.3 is 6.03 Å². The molecule has 29 heavy (non-hydrogen) atoms. The Morgan fingerprint density at radius 1 is 1.17 bits per heavy atom. The SMILES string of the molecule is COc1ccc(NC(=O)N(CC(=O)Nc2cc(C)on2)CC2CCCCC2)cc1. The van der Waals surface area contributed by atoms with Crippen LogP contribution in [0.3, 0.4) is 0 Å². The molecule has 0 saturated heterocycles. The number of aryl methyl sites for hydroxylation is 1. The van der Waals surface area contributed by atoms with Crippen LogP contribution in [0.4, 0.5) is 16.3 Å². The molecule has 1 fully saturated rings. The normalized spacial score (nSPS) is 14.3. The number of methoxy groups -OCH3 is 1. The molecule has 0 bridgehead atoms. The van der Waals surface area contributed by atoms with E-state index in [4.69, 9.17) is 9.26 Å². The summed E-state index contributed by atoms with van der Waals surface area (Å²) in [5.41, 5.74) is 0.650. The number of hydrogen-bond acceptors (Lipinski definition) is 5. The van der Waals surface area contributed by atoms with E-state index in [-0.39, 0.29) is 18.5 Å². The number of carbonyl (C=O) groups excluding carboxylic acids is 2. The summed E-state index contributed by atoms with van der Waals surface area (Å²) in [6, 6.07) is 8.44. The summed E-state index contributed by atoms with van der Waals surface area (Å²) in [6.07, 6.45) is 5.74. The van der Waals surface area contributed by atoms with E-state index in [0.29, 0.717) is 35.5 Å². The summed E-state index contributed by atoms with van der Waals surface area (Å²) in [6.45, 7) is 2.25. The standard InChI is InChI=1S/C21H28N4O4/c1-15-12-19(24-29-15)23-20(26)14-25(13-16-6-4-3-5-7-16)21(27)22-17-8-10-18(28-2)11-9-17/h8-12,16H,3-7,13-14H2,1-2H3,(H,22,27)(H,23,24,26). The molecule has 0 atom stereocenters. The lowest BCUT2D eigenvalue weighted by molar-refractivity contribution is -0.116. The van der Waals surface area contributed by atoms with E-state index in [9.17, 15) is 9.59 Å². The minimum Gasteiger partial charge on any atom is -0.497 e. The van der Waals surface area contributed by atoms with Crippen molar-refractivity contribution in [2.75, 3.05) is 30.8 Å². The molecule has 8 nitrogen and oxygen atoms in total. The van der Waals surface area contributed by atoms with Crippen LogP contribution in [0, 0.1) is 12.8 Å². The third-order valence-corrected chi connectivity index (χ3v) is 5.06. The van der Waals surface area contributed by atoms with Crippen LogP contribution in [-0.2, 0) is 4.79 Å². The zero-order valence-electron chi connectivity index (χ0n) is 16.9. The van der Waals surface area contributed by atoms with E-state index in [1.165, 1.54) is 19.3 Å². The molecule has 1 aromatic carbocycles. The molecule has 8 heteroatoms. The van der Waals surface area contributed by atoms with Crippen molar-refractivity contribution in [2.24, 2.45) is 5.92 Å². The van der Waals surface area contributed by atoms with E-state index in [0.717, 1.165) is 12.8 Å². The molecule has 3 amide bonds. The zero-order valence-corrected chi connectivity index (χ0v) is 16.9. The van der Waals surface area contributed by atoms with Crippen molar-refractivity contribution >= 4 is 23.4 Å². The second kappa shape index (κ2) is 9.95. The molecule has 0 unspecified atom stereocenters. The van der Waals surface area contributed by atoms with Gasteiger partial charge in [-0.1, -0.05) is 24.4 Å². The molecule has 0 aliphatic heterocycles. The molecule has 1 aromatic heterocycles. The van der Waals surface area contributed by atoms with Crippen LogP contribution in [0.25, 0.3) is 0 Å². The second-order valence-electron chi connectivity index (χ2n) is 7.41. The van der Waals surface area contributed by atoms with Crippen LogP contribution >= 0.6 is 0 Å². The summed E-state index contributed by atoms with van der Waals surface area (Å²) in [5.74, 6) is 1.77. The fourth-order valence-corrected chi connectivity index (χ4v) is 3.56. The van der Waals surface area contributed by atoms with Gasteiger partial charge in [-0.2, -0.15) is 0 Å². The third-order valence-electron chi connectivity index (χ3n) is 5.06. The van der Waals surface area contributed by atoms with Crippen molar-refractivity contribution in [1.29, 1.82) is 0 Å². The molecule has 1 aliphatic carbocycles. The van der Waals surface area contributed by atoms with Gasteiger partial charge in [0.25, 0.3) is 0 Å². The Kier molecular flexibility index (Phi) is 7.10. The van der Waals surface area contributed by atoms with Gasteiger partial charge in [0.05, 0.1) is 7.11 Å². The molecule has 0 radical (unpaired) electrons. The Morgan fingerprint density at radius 2 is 1.90 bits per heavy atom. The molecule has 2 N–H and O–H groups in total. The maximum Gasteiger partial charge on any atom is 0.322 e. The molecule has 1 saturated carbocycles. The molecule has 2 aromatic rings. The van der Waals surface area contributed by atoms with Crippen LogP contribution in [0.1, 0.15) is 37.9 Å². The molecular formula is C21H28N4O4. The number of nitrogens with one attached hydrogen (secondary N) is 2. The number of carbonyl (C=O) groups is 2. The van der Waals surface area contributed by atoms with Crippen molar-refractivity contribution in [1.82, 2.24) is 10.1 Å². The van der Waals surface area contributed by atoms with Crippen LogP contribution in [0.15, 0.2) is 34.9 Å². The van der Waals surface area contributed by atoms with Crippen molar-refractivity contribution < 1.29 is 18.8 Å². The average Bonchev–Trinajstić information content (AvgIpc) is 3.13. The van der Waals surface area contributed by atoms with Crippen molar-refractivity contribution in [3.63, 3.8) is 0 Å². The summed E-state index contributed by atoms with van der Waals surface area (Å²) in [7, 11) is 1.59. The Hall–Kier alpha value is -3.03. The van der Waals surface area contributed by atoms with Gasteiger partial charge in [0.15, 0.2) is 5.82 Å². The van der Waals surface area contributed by atoms with Crippen LogP contribution < -0.4 is 15.4 Å². The van der Waals surface area contributed by atoms with Gasteiger partial charge in [0, 0.05) is 18.3 Å². The number of amides is 3. The van der Waals surface area contributed by atoms with Crippen LogP contribution in [-0.4, -0.2) is 42.2 Å². The highest BCUT2D eigenvalue weighted by Gasteiger charge is 2.23. The van der Waals surface area contributed by atoms with E-state index in [2.05, 4.69) is 15.8 Å². The summed E-state index contributed by atoms with van der Waals surface area (Å²) >= 11 is 0. The van der Waals surface area contributed by atoms with E-state index in [1.807, 2.05) is 0 Å².